The zero-order valence-electron chi connectivity index (χ0n) is 11.3. The van der Waals surface area contributed by atoms with Gasteiger partial charge in [-0.3, -0.25) is 4.79 Å². The number of hydrogen-bond donors (Lipinski definition) is 1. The fraction of sp³-hybridized carbons (Fsp3) is 0.188. The number of nitrogens with zero attached hydrogens (tertiary/aromatic N) is 1. The molecule has 2 aromatic rings. The monoisotopic (exact) mass is 303 g/mol. The standard InChI is InChI=1S/C16H14ClNO3/c17-13-9-11(5-6-14(13)19)16(20)18-7-8-21-15-4-2-1-3-12(15)10-18/h1-6,9,19H,7-8,10H2. The third-order valence-electron chi connectivity index (χ3n) is 3.43. The smallest absolute Gasteiger partial charge is 0.254 e. The van der Waals surface area contributed by atoms with Crippen molar-refractivity contribution in [2.45, 2.75) is 6.54 Å². The average molecular weight is 304 g/mol. The minimum atomic E-state index is -0.128. The van der Waals surface area contributed by atoms with E-state index in [2.05, 4.69) is 0 Å². The maximum Gasteiger partial charge on any atom is 0.254 e. The van der Waals surface area contributed by atoms with Crippen molar-refractivity contribution in [2.75, 3.05) is 13.2 Å². The van der Waals surface area contributed by atoms with Crippen LogP contribution >= 0.6 is 11.6 Å². The number of phenolic OH excluding ortho intramolecular Hbond substituents is 1. The number of hydrogen-bond acceptors (Lipinski definition) is 3. The molecule has 0 saturated carbocycles. The summed E-state index contributed by atoms with van der Waals surface area (Å²) < 4.78 is 5.65. The van der Waals surface area contributed by atoms with Gasteiger partial charge in [-0.2, -0.15) is 0 Å². The molecule has 1 N–H and O–H groups in total. The summed E-state index contributed by atoms with van der Waals surface area (Å²) in [5.74, 6) is 0.659. The number of benzene rings is 2. The zero-order valence-corrected chi connectivity index (χ0v) is 12.0. The normalized spacial score (nSPS) is 14.0. The van der Waals surface area contributed by atoms with Crippen molar-refractivity contribution >= 4 is 17.5 Å². The van der Waals surface area contributed by atoms with Gasteiger partial charge in [-0.25, -0.2) is 0 Å². The molecule has 0 aromatic heterocycles. The summed E-state index contributed by atoms with van der Waals surface area (Å²) in [6.45, 7) is 1.45. The molecule has 0 spiro atoms. The molecule has 21 heavy (non-hydrogen) atoms. The highest BCUT2D eigenvalue weighted by Crippen LogP contribution is 2.26. The molecule has 5 heteroatoms. The van der Waals surface area contributed by atoms with Crippen molar-refractivity contribution in [3.05, 3.63) is 58.6 Å². The minimum absolute atomic E-state index is 0.0298. The SMILES string of the molecule is O=C(c1ccc(O)c(Cl)c1)N1CCOc2ccccc2C1. The van der Waals surface area contributed by atoms with Gasteiger partial charge in [0.1, 0.15) is 18.1 Å². The predicted molar refractivity (Wildman–Crippen MR) is 79.8 cm³/mol. The van der Waals surface area contributed by atoms with Gasteiger partial charge in [0.15, 0.2) is 0 Å². The van der Waals surface area contributed by atoms with E-state index in [1.807, 2.05) is 24.3 Å². The number of carbonyl (C=O) groups excluding carboxylic acids is 1. The average Bonchev–Trinajstić information content (AvgIpc) is 2.71. The molecule has 0 unspecified atom stereocenters. The van der Waals surface area contributed by atoms with E-state index in [-0.39, 0.29) is 16.7 Å². The number of fused-ring (bicyclic) bond motifs is 1. The first kappa shape index (κ1) is 13.8. The van der Waals surface area contributed by atoms with Gasteiger partial charge in [0.05, 0.1) is 11.6 Å². The Balaban J connectivity index is 1.86. The summed E-state index contributed by atoms with van der Waals surface area (Å²) in [5.41, 5.74) is 1.44. The fourth-order valence-corrected chi connectivity index (χ4v) is 2.50. The van der Waals surface area contributed by atoms with E-state index < -0.39 is 0 Å². The Bertz CT molecular complexity index is 687. The molecule has 0 radical (unpaired) electrons. The summed E-state index contributed by atoms with van der Waals surface area (Å²) in [7, 11) is 0. The molecule has 1 heterocycles. The summed E-state index contributed by atoms with van der Waals surface area (Å²) >= 11 is 5.86. The molecule has 3 rings (SSSR count). The van der Waals surface area contributed by atoms with Crippen LogP contribution < -0.4 is 4.74 Å². The van der Waals surface area contributed by atoms with Crippen molar-refractivity contribution < 1.29 is 14.6 Å². The zero-order chi connectivity index (χ0) is 14.8. The van der Waals surface area contributed by atoms with Gasteiger partial charge >= 0.3 is 0 Å². The Morgan fingerprint density at radius 2 is 2.05 bits per heavy atom. The Kier molecular flexibility index (Phi) is 3.71. The molecule has 1 aliphatic rings. The van der Waals surface area contributed by atoms with Crippen molar-refractivity contribution in [1.82, 2.24) is 4.90 Å². The van der Waals surface area contributed by atoms with Gasteiger partial charge in [0, 0.05) is 17.7 Å². The van der Waals surface area contributed by atoms with E-state index in [0.717, 1.165) is 11.3 Å². The van der Waals surface area contributed by atoms with Crippen molar-refractivity contribution in [3.63, 3.8) is 0 Å². The summed E-state index contributed by atoms with van der Waals surface area (Å²) in [6, 6.07) is 12.2. The molecule has 0 bridgehead atoms. The van der Waals surface area contributed by atoms with Crippen LogP contribution in [-0.2, 0) is 6.54 Å². The quantitative estimate of drug-likeness (QED) is 0.881. The van der Waals surface area contributed by atoms with Crippen molar-refractivity contribution in [1.29, 1.82) is 0 Å². The van der Waals surface area contributed by atoms with Crippen LogP contribution in [0, 0.1) is 0 Å². The second-order valence-corrected chi connectivity index (χ2v) is 5.26. The second kappa shape index (κ2) is 5.66. The van der Waals surface area contributed by atoms with E-state index in [1.54, 1.807) is 11.0 Å². The third kappa shape index (κ3) is 2.81. The number of carbonyl (C=O) groups is 1. The van der Waals surface area contributed by atoms with Crippen LogP contribution in [0.5, 0.6) is 11.5 Å². The van der Waals surface area contributed by atoms with Crippen LogP contribution in [0.1, 0.15) is 15.9 Å². The Hall–Kier alpha value is -2.20. The molecule has 4 nitrogen and oxygen atoms in total. The molecule has 1 aliphatic heterocycles. The number of phenols is 1. The maximum atomic E-state index is 12.6. The molecular weight excluding hydrogens is 290 g/mol. The largest absolute Gasteiger partial charge is 0.506 e. The molecule has 0 aliphatic carbocycles. The second-order valence-electron chi connectivity index (χ2n) is 4.85. The third-order valence-corrected chi connectivity index (χ3v) is 3.74. The van der Waals surface area contributed by atoms with E-state index in [0.29, 0.717) is 25.3 Å². The Labute approximate surface area is 127 Å². The van der Waals surface area contributed by atoms with Crippen LogP contribution in [0.4, 0.5) is 0 Å². The molecule has 2 aromatic carbocycles. The first-order valence-electron chi connectivity index (χ1n) is 6.63. The van der Waals surface area contributed by atoms with E-state index >= 15 is 0 Å². The summed E-state index contributed by atoms with van der Waals surface area (Å²) in [4.78, 5) is 14.3. The van der Waals surface area contributed by atoms with Crippen LogP contribution in [0.25, 0.3) is 0 Å². The lowest BCUT2D eigenvalue weighted by Gasteiger charge is -2.20. The minimum Gasteiger partial charge on any atom is -0.506 e. The van der Waals surface area contributed by atoms with Crippen LogP contribution in [0.3, 0.4) is 0 Å². The van der Waals surface area contributed by atoms with Gasteiger partial charge in [-0.1, -0.05) is 29.8 Å². The van der Waals surface area contributed by atoms with E-state index in [9.17, 15) is 9.90 Å². The van der Waals surface area contributed by atoms with Gasteiger partial charge in [0.25, 0.3) is 5.91 Å². The van der Waals surface area contributed by atoms with Gasteiger partial charge in [-0.05, 0) is 24.3 Å². The van der Waals surface area contributed by atoms with Crippen molar-refractivity contribution in [3.8, 4) is 11.5 Å². The lowest BCUT2D eigenvalue weighted by Crippen LogP contribution is -2.32. The molecule has 0 atom stereocenters. The summed E-state index contributed by atoms with van der Waals surface area (Å²) in [5, 5.41) is 9.61. The highest BCUT2D eigenvalue weighted by Gasteiger charge is 2.21. The number of para-hydroxylation sites is 1. The van der Waals surface area contributed by atoms with Crippen LogP contribution in [0.15, 0.2) is 42.5 Å². The number of rotatable bonds is 1. The topological polar surface area (TPSA) is 49.8 Å². The van der Waals surface area contributed by atoms with Crippen LogP contribution in [0.2, 0.25) is 5.02 Å². The van der Waals surface area contributed by atoms with Gasteiger partial charge in [-0.15, -0.1) is 0 Å². The number of ether oxygens (including phenoxy) is 1. The fourth-order valence-electron chi connectivity index (χ4n) is 2.32. The van der Waals surface area contributed by atoms with Gasteiger partial charge < -0.3 is 14.7 Å². The molecule has 0 saturated heterocycles. The van der Waals surface area contributed by atoms with Crippen molar-refractivity contribution in [2.24, 2.45) is 0 Å². The molecule has 108 valence electrons. The van der Waals surface area contributed by atoms with Crippen LogP contribution in [-0.4, -0.2) is 29.1 Å². The highest BCUT2D eigenvalue weighted by atomic mass is 35.5. The Morgan fingerprint density at radius 3 is 2.86 bits per heavy atom. The van der Waals surface area contributed by atoms with E-state index in [4.69, 9.17) is 16.3 Å². The first-order valence-corrected chi connectivity index (χ1v) is 7.01. The Morgan fingerprint density at radius 1 is 1.24 bits per heavy atom. The number of halogens is 1. The number of amides is 1. The predicted octanol–water partition coefficient (Wildman–Crippen LogP) is 3.08. The molecule has 1 amide bonds. The van der Waals surface area contributed by atoms with E-state index in [1.165, 1.54) is 12.1 Å². The molecular formula is C16H14ClNO3. The maximum absolute atomic E-state index is 12.6. The molecule has 0 fully saturated rings. The highest BCUT2D eigenvalue weighted by molar-refractivity contribution is 6.32. The first-order chi connectivity index (χ1) is 10.1. The lowest BCUT2D eigenvalue weighted by molar-refractivity contribution is 0.0733. The number of aromatic hydroxyl groups is 1. The lowest BCUT2D eigenvalue weighted by atomic mass is 10.1. The summed E-state index contributed by atoms with van der Waals surface area (Å²) in [6.07, 6.45) is 0. The van der Waals surface area contributed by atoms with Gasteiger partial charge in [0.2, 0.25) is 0 Å².